The molecule has 8 heteroatoms. The lowest BCUT2D eigenvalue weighted by Gasteiger charge is -2.27. The number of aromatic nitrogens is 1. The van der Waals surface area contributed by atoms with Gasteiger partial charge in [0.1, 0.15) is 5.82 Å². The van der Waals surface area contributed by atoms with Crippen molar-refractivity contribution in [3.8, 4) is 40.5 Å². The maximum atomic E-state index is 13.9. The molecule has 0 aliphatic heterocycles. The summed E-state index contributed by atoms with van der Waals surface area (Å²) in [5.41, 5.74) is 4.94. The SMILES string of the molecule is C#CC(C(=O)Oc1c(-c2ccc(F)cc2)cc(-c2ccccc2Cc2ccccc2)nc1C(C)C)(C(C)O)[PH](=O)O. The minimum atomic E-state index is -3.78. The molecule has 0 fully saturated rings. The number of esters is 1. The molecule has 0 saturated heterocycles. The Bertz CT molecular complexity index is 1610. The van der Waals surface area contributed by atoms with Crippen molar-refractivity contribution in [2.45, 2.75) is 44.4 Å². The van der Waals surface area contributed by atoms with E-state index >= 15 is 0 Å². The summed E-state index contributed by atoms with van der Waals surface area (Å²) in [6.45, 7) is 4.90. The summed E-state index contributed by atoms with van der Waals surface area (Å²) >= 11 is 0. The zero-order chi connectivity index (χ0) is 29.7. The molecule has 41 heavy (non-hydrogen) atoms. The van der Waals surface area contributed by atoms with Gasteiger partial charge in [-0.3, -0.25) is 4.57 Å². The van der Waals surface area contributed by atoms with E-state index in [1.54, 1.807) is 18.2 Å². The summed E-state index contributed by atoms with van der Waals surface area (Å²) in [7, 11) is -3.78. The molecular weight excluding hydrogens is 540 g/mol. The monoisotopic (exact) mass is 571 g/mol. The van der Waals surface area contributed by atoms with Crippen LogP contribution in [0.1, 0.15) is 43.5 Å². The second-order valence-corrected chi connectivity index (χ2v) is 11.5. The fraction of sp³-hybridized carbons (Fsp3) is 0.212. The van der Waals surface area contributed by atoms with E-state index in [1.165, 1.54) is 12.1 Å². The third-order valence-corrected chi connectivity index (χ3v) is 8.38. The van der Waals surface area contributed by atoms with Gasteiger partial charge >= 0.3 is 5.97 Å². The number of carbonyl (C=O) groups excluding carboxylic acids is 1. The van der Waals surface area contributed by atoms with Crippen LogP contribution in [0.2, 0.25) is 0 Å². The maximum absolute atomic E-state index is 13.9. The summed E-state index contributed by atoms with van der Waals surface area (Å²) in [5, 5.41) is 7.83. The van der Waals surface area contributed by atoms with E-state index in [0.29, 0.717) is 28.9 Å². The molecule has 2 N–H and O–H groups in total. The Labute approximate surface area is 239 Å². The number of hydrogen-bond acceptors (Lipinski definition) is 5. The van der Waals surface area contributed by atoms with Crippen LogP contribution >= 0.6 is 8.03 Å². The number of nitrogens with zero attached hydrogens (tertiary/aromatic N) is 1. The fourth-order valence-corrected chi connectivity index (χ4v) is 5.33. The van der Waals surface area contributed by atoms with Crippen molar-refractivity contribution in [1.82, 2.24) is 4.98 Å². The van der Waals surface area contributed by atoms with Gasteiger partial charge in [-0.25, -0.2) is 14.2 Å². The van der Waals surface area contributed by atoms with Crippen LogP contribution in [0.25, 0.3) is 22.4 Å². The molecule has 4 aromatic rings. The number of benzene rings is 3. The van der Waals surface area contributed by atoms with Gasteiger partial charge in [0.15, 0.2) is 5.75 Å². The number of aliphatic hydroxyl groups excluding tert-OH is 1. The van der Waals surface area contributed by atoms with E-state index in [4.69, 9.17) is 16.1 Å². The molecule has 6 nitrogen and oxygen atoms in total. The van der Waals surface area contributed by atoms with Crippen LogP contribution in [-0.2, 0) is 15.8 Å². The Morgan fingerprint density at radius 1 is 1.02 bits per heavy atom. The summed E-state index contributed by atoms with van der Waals surface area (Å²) < 4.78 is 32.0. The molecule has 0 spiro atoms. The van der Waals surface area contributed by atoms with E-state index in [0.717, 1.165) is 23.6 Å². The van der Waals surface area contributed by atoms with Crippen LogP contribution < -0.4 is 4.74 Å². The van der Waals surface area contributed by atoms with Gasteiger partial charge in [0.2, 0.25) is 13.2 Å². The van der Waals surface area contributed by atoms with Crippen molar-refractivity contribution in [2.75, 3.05) is 0 Å². The quantitative estimate of drug-likeness (QED) is 0.137. The lowest BCUT2D eigenvalue weighted by Crippen LogP contribution is -2.46. The number of rotatable bonds is 9. The Morgan fingerprint density at radius 2 is 1.66 bits per heavy atom. The first-order chi connectivity index (χ1) is 19.6. The van der Waals surface area contributed by atoms with Gasteiger partial charge in [-0.1, -0.05) is 86.5 Å². The van der Waals surface area contributed by atoms with Crippen molar-refractivity contribution >= 4 is 14.0 Å². The van der Waals surface area contributed by atoms with Crippen molar-refractivity contribution in [1.29, 1.82) is 0 Å². The van der Waals surface area contributed by atoms with Gasteiger partial charge in [-0.15, -0.1) is 6.42 Å². The van der Waals surface area contributed by atoms with Gasteiger partial charge in [-0.2, -0.15) is 0 Å². The highest BCUT2D eigenvalue weighted by molar-refractivity contribution is 7.42. The lowest BCUT2D eigenvalue weighted by molar-refractivity contribution is -0.138. The molecule has 0 amide bonds. The molecule has 210 valence electrons. The van der Waals surface area contributed by atoms with Crippen molar-refractivity contribution in [2.24, 2.45) is 0 Å². The highest BCUT2D eigenvalue weighted by Crippen LogP contribution is 2.43. The molecule has 3 atom stereocenters. The average Bonchev–Trinajstić information content (AvgIpc) is 2.94. The van der Waals surface area contributed by atoms with E-state index in [9.17, 15) is 23.7 Å². The zero-order valence-corrected chi connectivity index (χ0v) is 24.0. The molecule has 4 rings (SSSR count). The highest BCUT2D eigenvalue weighted by Gasteiger charge is 2.49. The Morgan fingerprint density at radius 3 is 2.24 bits per heavy atom. The molecule has 3 aromatic carbocycles. The van der Waals surface area contributed by atoms with Crippen LogP contribution in [0.15, 0.2) is 84.9 Å². The summed E-state index contributed by atoms with van der Waals surface area (Å²) in [5.74, 6) is 0.0657. The van der Waals surface area contributed by atoms with Crippen molar-refractivity contribution < 1.29 is 28.5 Å². The number of halogens is 1. The number of aliphatic hydroxyl groups is 1. The first kappa shape index (κ1) is 29.9. The Hall–Kier alpha value is -4.08. The second kappa shape index (κ2) is 12.6. The Kier molecular flexibility index (Phi) is 9.20. The van der Waals surface area contributed by atoms with Gasteiger partial charge < -0.3 is 14.7 Å². The molecule has 0 aliphatic rings. The van der Waals surface area contributed by atoms with Crippen molar-refractivity contribution in [3.63, 3.8) is 0 Å². The summed E-state index contributed by atoms with van der Waals surface area (Å²) in [4.78, 5) is 28.3. The van der Waals surface area contributed by atoms with Crippen LogP contribution in [0.4, 0.5) is 4.39 Å². The first-order valence-electron chi connectivity index (χ1n) is 13.1. The van der Waals surface area contributed by atoms with Crippen LogP contribution in [0, 0.1) is 18.2 Å². The standard InChI is InChI=1S/C33H31FNO5P/c1-5-33(22(4)36,41(38)39)32(37)40-31-28(24-15-17-26(34)18-16-24)20-29(35-30(31)21(2)3)27-14-10-9-13-25(27)19-23-11-7-6-8-12-23/h1,6-18,20-22,36,41H,19H2,2-4H3,(H,38,39). The van der Waals surface area contributed by atoms with Crippen molar-refractivity contribution in [3.05, 3.63) is 108 Å². The maximum Gasteiger partial charge on any atom is 0.342 e. The molecule has 1 heterocycles. The van der Waals surface area contributed by atoms with Gasteiger partial charge in [-0.05, 0) is 54.2 Å². The number of ether oxygens (including phenoxy) is 1. The minimum Gasteiger partial charge on any atom is -0.422 e. The van der Waals surface area contributed by atoms with Gasteiger partial charge in [0.25, 0.3) is 0 Å². The largest absolute Gasteiger partial charge is 0.422 e. The molecule has 0 bridgehead atoms. The number of carbonyl (C=O) groups is 1. The topological polar surface area (TPSA) is 96.7 Å². The molecule has 1 aromatic heterocycles. The van der Waals surface area contributed by atoms with E-state index in [2.05, 4.69) is 0 Å². The highest BCUT2D eigenvalue weighted by atomic mass is 31.1. The zero-order valence-electron chi connectivity index (χ0n) is 23.0. The smallest absolute Gasteiger partial charge is 0.342 e. The number of pyridine rings is 1. The number of terminal acetylenes is 1. The van der Waals surface area contributed by atoms with E-state index < -0.39 is 31.1 Å². The first-order valence-corrected chi connectivity index (χ1v) is 14.5. The summed E-state index contributed by atoms with van der Waals surface area (Å²) in [6.07, 6.45) is 4.50. The van der Waals surface area contributed by atoms with E-state index in [1.807, 2.05) is 74.4 Å². The van der Waals surface area contributed by atoms with Crippen LogP contribution in [-0.4, -0.2) is 32.2 Å². The van der Waals surface area contributed by atoms with Crippen LogP contribution in [0.5, 0.6) is 5.75 Å². The molecular formula is C33H31FNO5P. The molecule has 0 radical (unpaired) electrons. The van der Waals surface area contributed by atoms with E-state index in [-0.39, 0.29) is 11.7 Å². The predicted molar refractivity (Wildman–Crippen MR) is 159 cm³/mol. The van der Waals surface area contributed by atoms with Gasteiger partial charge in [0.05, 0.1) is 17.5 Å². The molecule has 0 saturated carbocycles. The van der Waals surface area contributed by atoms with Gasteiger partial charge in [0, 0.05) is 11.1 Å². The number of hydrogen-bond donors (Lipinski definition) is 2. The molecule has 0 aliphatic carbocycles. The third kappa shape index (κ3) is 6.16. The molecule has 3 unspecified atom stereocenters. The fourth-order valence-electron chi connectivity index (χ4n) is 4.62. The average molecular weight is 572 g/mol. The lowest BCUT2D eigenvalue weighted by atomic mass is 9.93. The second-order valence-electron chi connectivity index (χ2n) is 10.1. The summed E-state index contributed by atoms with van der Waals surface area (Å²) in [6, 6.07) is 25.3. The third-order valence-electron chi connectivity index (χ3n) is 6.94. The normalized spacial score (nSPS) is 14.1. The predicted octanol–water partition coefficient (Wildman–Crippen LogP) is 6.39. The Balaban J connectivity index is 1.94. The minimum absolute atomic E-state index is 0.0180. The van der Waals surface area contributed by atoms with Crippen LogP contribution in [0.3, 0.4) is 0 Å².